The van der Waals surface area contributed by atoms with E-state index >= 15 is 0 Å². The number of rotatable bonds is 8. The van der Waals surface area contributed by atoms with Gasteiger partial charge in [-0.2, -0.15) is 0 Å². The molecule has 2 atom stereocenters. The van der Waals surface area contributed by atoms with Crippen molar-refractivity contribution < 1.29 is 24.2 Å². The van der Waals surface area contributed by atoms with E-state index in [-0.39, 0.29) is 36.6 Å². The van der Waals surface area contributed by atoms with Gasteiger partial charge in [0.05, 0.1) is 13.5 Å². The molecular weight excluding hydrogens is 360 g/mol. The Morgan fingerprint density at radius 1 is 1.14 bits per heavy atom. The predicted octanol–water partition coefficient (Wildman–Crippen LogP) is 2.64. The summed E-state index contributed by atoms with van der Waals surface area (Å²) in [6.45, 7) is 0.0694. The van der Waals surface area contributed by atoms with Crippen LogP contribution in [0.5, 0.6) is 5.75 Å². The Balaban J connectivity index is 1.52. The molecule has 0 heterocycles. The number of ether oxygens (including phenoxy) is 1. The van der Waals surface area contributed by atoms with Crippen LogP contribution >= 0.6 is 0 Å². The van der Waals surface area contributed by atoms with Crippen molar-refractivity contribution in [1.82, 2.24) is 5.32 Å². The highest BCUT2D eigenvalue weighted by Gasteiger charge is 2.44. The van der Waals surface area contributed by atoms with Gasteiger partial charge in [-0.3, -0.25) is 14.4 Å². The first-order chi connectivity index (χ1) is 13.5. The maximum Gasteiger partial charge on any atom is 0.305 e. The second-order valence-electron chi connectivity index (χ2n) is 6.69. The van der Waals surface area contributed by atoms with Gasteiger partial charge < -0.3 is 20.5 Å². The Kier molecular flexibility index (Phi) is 5.93. The van der Waals surface area contributed by atoms with E-state index in [1.165, 1.54) is 0 Å². The third-order valence-corrected chi connectivity index (χ3v) is 4.69. The lowest BCUT2D eigenvalue weighted by molar-refractivity contribution is -0.136. The number of anilines is 1. The molecule has 1 aliphatic rings. The lowest BCUT2D eigenvalue weighted by Gasteiger charge is -2.08. The van der Waals surface area contributed by atoms with Gasteiger partial charge >= 0.3 is 5.97 Å². The van der Waals surface area contributed by atoms with Gasteiger partial charge in [0.2, 0.25) is 5.91 Å². The highest BCUT2D eigenvalue weighted by Crippen LogP contribution is 2.48. The molecule has 0 radical (unpaired) electrons. The maximum absolute atomic E-state index is 12.5. The number of hydrogen-bond donors (Lipinski definition) is 3. The summed E-state index contributed by atoms with van der Waals surface area (Å²) in [7, 11) is 1.62. The third-order valence-electron chi connectivity index (χ3n) is 4.69. The summed E-state index contributed by atoms with van der Waals surface area (Å²) in [6.07, 6.45) is 0.665. The van der Waals surface area contributed by atoms with E-state index in [1.807, 2.05) is 24.3 Å². The zero-order valence-corrected chi connectivity index (χ0v) is 15.5. The van der Waals surface area contributed by atoms with Gasteiger partial charge in [0.25, 0.3) is 5.91 Å². The Hall–Kier alpha value is -3.35. The molecule has 3 N–H and O–H groups in total. The lowest BCUT2D eigenvalue weighted by Crippen LogP contribution is -2.26. The van der Waals surface area contributed by atoms with Crippen LogP contribution in [0, 0.1) is 5.92 Å². The van der Waals surface area contributed by atoms with Crippen molar-refractivity contribution in [3.63, 3.8) is 0 Å². The minimum Gasteiger partial charge on any atom is -0.497 e. The molecule has 146 valence electrons. The van der Waals surface area contributed by atoms with E-state index in [9.17, 15) is 14.4 Å². The van der Waals surface area contributed by atoms with Crippen molar-refractivity contribution in [3.05, 3.63) is 59.7 Å². The molecule has 2 unspecified atom stereocenters. The molecule has 2 aromatic rings. The van der Waals surface area contributed by atoms with Gasteiger partial charge in [0, 0.05) is 23.7 Å². The first-order valence-corrected chi connectivity index (χ1v) is 9.03. The van der Waals surface area contributed by atoms with Crippen molar-refractivity contribution in [2.75, 3.05) is 19.0 Å². The Labute approximate surface area is 162 Å². The molecule has 3 rings (SSSR count). The molecule has 0 aliphatic heterocycles. The number of carbonyl (C=O) groups is 3. The fourth-order valence-electron chi connectivity index (χ4n) is 3.05. The number of aliphatic carboxylic acids is 1. The normalized spacial score (nSPS) is 17.5. The second kappa shape index (κ2) is 8.56. The number of benzene rings is 2. The van der Waals surface area contributed by atoms with Crippen LogP contribution in [0.25, 0.3) is 0 Å². The quantitative estimate of drug-likeness (QED) is 0.651. The topological polar surface area (TPSA) is 105 Å². The summed E-state index contributed by atoms with van der Waals surface area (Å²) in [6, 6.07) is 14.3. The molecule has 1 saturated carbocycles. The highest BCUT2D eigenvalue weighted by atomic mass is 16.5. The summed E-state index contributed by atoms with van der Waals surface area (Å²) in [5, 5.41) is 14.0. The molecule has 0 bridgehead atoms. The molecular formula is C21H22N2O5. The van der Waals surface area contributed by atoms with Crippen LogP contribution in [0.3, 0.4) is 0 Å². The molecule has 7 heteroatoms. The number of nitrogens with one attached hydrogen (secondary N) is 2. The van der Waals surface area contributed by atoms with Gasteiger partial charge in [0.15, 0.2) is 0 Å². The summed E-state index contributed by atoms with van der Waals surface area (Å²) < 4.78 is 5.23. The Morgan fingerprint density at radius 3 is 2.57 bits per heavy atom. The number of carbonyl (C=O) groups excluding carboxylic acids is 2. The molecule has 7 nitrogen and oxygen atoms in total. The summed E-state index contributed by atoms with van der Waals surface area (Å²) >= 11 is 0. The van der Waals surface area contributed by atoms with Gasteiger partial charge in [0.1, 0.15) is 5.75 Å². The van der Waals surface area contributed by atoms with Crippen LogP contribution in [-0.2, 0) is 9.59 Å². The molecule has 1 aliphatic carbocycles. The van der Waals surface area contributed by atoms with Crippen molar-refractivity contribution in [2.45, 2.75) is 18.8 Å². The van der Waals surface area contributed by atoms with Crippen molar-refractivity contribution in [2.24, 2.45) is 5.92 Å². The molecule has 2 aromatic carbocycles. The summed E-state index contributed by atoms with van der Waals surface area (Å²) in [5.74, 6) is -0.474. The van der Waals surface area contributed by atoms with E-state index in [1.54, 1.807) is 31.4 Å². The van der Waals surface area contributed by atoms with E-state index in [2.05, 4.69) is 10.6 Å². The third kappa shape index (κ3) is 4.88. The van der Waals surface area contributed by atoms with Crippen molar-refractivity contribution in [3.8, 4) is 5.75 Å². The first kappa shape index (κ1) is 19.4. The molecule has 28 heavy (non-hydrogen) atoms. The smallest absolute Gasteiger partial charge is 0.305 e. The largest absolute Gasteiger partial charge is 0.497 e. The zero-order chi connectivity index (χ0) is 20.1. The number of hydrogen-bond acceptors (Lipinski definition) is 4. The zero-order valence-electron chi connectivity index (χ0n) is 15.5. The van der Waals surface area contributed by atoms with E-state index < -0.39 is 5.97 Å². The molecule has 0 saturated heterocycles. The monoisotopic (exact) mass is 382 g/mol. The minimum absolute atomic E-state index is 0.0496. The fourth-order valence-corrected chi connectivity index (χ4v) is 3.05. The Bertz CT molecular complexity index is 879. The predicted molar refractivity (Wildman–Crippen MR) is 103 cm³/mol. The highest BCUT2D eigenvalue weighted by molar-refractivity contribution is 5.97. The van der Waals surface area contributed by atoms with Gasteiger partial charge in [-0.15, -0.1) is 0 Å². The first-order valence-electron chi connectivity index (χ1n) is 9.03. The van der Waals surface area contributed by atoms with Crippen LogP contribution in [-0.4, -0.2) is 36.5 Å². The standard InChI is InChI=1S/C21H22N2O5/c1-28-16-4-2-3-14(11-16)17-12-18(17)21(27)23-15-7-5-13(6-8-15)20(26)22-10-9-19(24)25/h2-8,11,17-18H,9-10,12H2,1H3,(H,22,26)(H,23,27)(H,24,25). The van der Waals surface area contributed by atoms with Crippen LogP contribution in [0.2, 0.25) is 0 Å². The van der Waals surface area contributed by atoms with Crippen LogP contribution in [0.15, 0.2) is 48.5 Å². The maximum atomic E-state index is 12.5. The second-order valence-corrected chi connectivity index (χ2v) is 6.69. The van der Waals surface area contributed by atoms with E-state index in [4.69, 9.17) is 9.84 Å². The van der Waals surface area contributed by atoms with Gasteiger partial charge in [-0.25, -0.2) is 0 Å². The SMILES string of the molecule is COc1cccc(C2CC2C(=O)Nc2ccc(C(=O)NCCC(=O)O)cc2)c1. The fraction of sp³-hybridized carbons (Fsp3) is 0.286. The minimum atomic E-state index is -0.967. The molecule has 1 fully saturated rings. The van der Waals surface area contributed by atoms with E-state index in [0.29, 0.717) is 11.3 Å². The number of carboxylic acid groups (broad SMARTS) is 1. The molecule has 0 aromatic heterocycles. The van der Waals surface area contributed by atoms with Crippen LogP contribution in [0.4, 0.5) is 5.69 Å². The van der Waals surface area contributed by atoms with Gasteiger partial charge in [-0.05, 0) is 54.3 Å². The lowest BCUT2D eigenvalue weighted by atomic mass is 10.1. The van der Waals surface area contributed by atoms with Crippen molar-refractivity contribution >= 4 is 23.5 Å². The molecule has 0 spiro atoms. The number of methoxy groups -OCH3 is 1. The Morgan fingerprint density at radius 2 is 1.89 bits per heavy atom. The van der Waals surface area contributed by atoms with Crippen molar-refractivity contribution in [1.29, 1.82) is 0 Å². The average Bonchev–Trinajstić information content (AvgIpc) is 3.49. The van der Waals surface area contributed by atoms with Gasteiger partial charge in [-0.1, -0.05) is 12.1 Å². The molecule has 2 amide bonds. The number of amides is 2. The summed E-state index contributed by atoms with van der Waals surface area (Å²) in [5.41, 5.74) is 2.11. The number of carboxylic acids is 1. The van der Waals surface area contributed by atoms with Crippen LogP contribution < -0.4 is 15.4 Å². The summed E-state index contributed by atoms with van der Waals surface area (Å²) in [4.78, 5) is 34.9. The average molecular weight is 382 g/mol. The van der Waals surface area contributed by atoms with E-state index in [0.717, 1.165) is 17.7 Å². The van der Waals surface area contributed by atoms with Crippen LogP contribution in [0.1, 0.15) is 34.7 Å².